The molecule has 0 saturated carbocycles. The van der Waals surface area contributed by atoms with E-state index in [1.807, 2.05) is 19.1 Å². The maximum absolute atomic E-state index is 13.0. The van der Waals surface area contributed by atoms with Gasteiger partial charge in [-0.1, -0.05) is 11.6 Å². The fourth-order valence-electron chi connectivity index (χ4n) is 4.11. The molecule has 8 heteroatoms. The summed E-state index contributed by atoms with van der Waals surface area (Å²) >= 11 is 6.00. The number of carbonyl (C=O) groups excluding carboxylic acids is 1. The first-order chi connectivity index (χ1) is 15.7. The highest BCUT2D eigenvalue weighted by molar-refractivity contribution is 6.33. The van der Waals surface area contributed by atoms with Crippen molar-refractivity contribution in [1.29, 1.82) is 0 Å². The SMILES string of the molecule is CCOc1cc2oc3c(c2cc1/C(C)=C/C(=O)Nc1cc(C(F)(F)F)ccc1Cl)CCCC3. The molecule has 174 valence electrons. The van der Waals surface area contributed by atoms with Gasteiger partial charge in [0.2, 0.25) is 5.91 Å². The molecule has 1 aliphatic rings. The van der Waals surface area contributed by atoms with E-state index in [0.717, 1.165) is 66.2 Å². The Morgan fingerprint density at radius 2 is 1.97 bits per heavy atom. The number of benzene rings is 2. The predicted octanol–water partition coefficient (Wildman–Crippen LogP) is 7.42. The van der Waals surface area contributed by atoms with Crippen molar-refractivity contribution in [2.75, 3.05) is 11.9 Å². The first-order valence-electron chi connectivity index (χ1n) is 10.7. The molecule has 0 spiro atoms. The molecule has 1 heterocycles. The second-order valence-electron chi connectivity index (χ2n) is 8.00. The Kier molecular flexibility index (Phi) is 6.43. The zero-order chi connectivity index (χ0) is 23.8. The van der Waals surface area contributed by atoms with Gasteiger partial charge < -0.3 is 14.5 Å². The number of nitrogens with one attached hydrogen (secondary N) is 1. The molecule has 4 rings (SSSR count). The predicted molar refractivity (Wildman–Crippen MR) is 123 cm³/mol. The Labute approximate surface area is 194 Å². The van der Waals surface area contributed by atoms with Crippen molar-refractivity contribution in [1.82, 2.24) is 0 Å². The third kappa shape index (κ3) is 4.88. The summed E-state index contributed by atoms with van der Waals surface area (Å²) in [7, 11) is 0. The van der Waals surface area contributed by atoms with Crippen LogP contribution in [0.15, 0.2) is 40.8 Å². The van der Waals surface area contributed by atoms with Gasteiger partial charge in [-0.15, -0.1) is 0 Å². The number of amides is 1. The summed E-state index contributed by atoms with van der Waals surface area (Å²) in [6.45, 7) is 4.05. The molecule has 0 unspecified atom stereocenters. The van der Waals surface area contributed by atoms with Crippen molar-refractivity contribution in [2.24, 2.45) is 0 Å². The Morgan fingerprint density at radius 3 is 2.70 bits per heavy atom. The minimum atomic E-state index is -4.54. The van der Waals surface area contributed by atoms with E-state index in [2.05, 4.69) is 5.32 Å². The smallest absolute Gasteiger partial charge is 0.416 e. The Balaban J connectivity index is 1.67. The molecule has 1 amide bonds. The number of carbonyl (C=O) groups is 1. The fraction of sp³-hybridized carbons (Fsp3) is 0.320. The van der Waals surface area contributed by atoms with Crippen molar-refractivity contribution in [3.05, 3.63) is 63.9 Å². The lowest BCUT2D eigenvalue weighted by molar-refractivity contribution is -0.137. The second kappa shape index (κ2) is 9.14. The molecule has 1 aliphatic carbocycles. The third-order valence-corrected chi connectivity index (χ3v) is 6.01. The third-order valence-electron chi connectivity index (χ3n) is 5.68. The van der Waals surface area contributed by atoms with Gasteiger partial charge >= 0.3 is 6.18 Å². The van der Waals surface area contributed by atoms with E-state index in [1.54, 1.807) is 6.92 Å². The highest BCUT2D eigenvalue weighted by Crippen LogP contribution is 2.38. The second-order valence-corrected chi connectivity index (χ2v) is 8.40. The Hall–Kier alpha value is -2.93. The summed E-state index contributed by atoms with van der Waals surface area (Å²) < 4.78 is 50.9. The summed E-state index contributed by atoms with van der Waals surface area (Å²) in [5.74, 6) is 0.981. The lowest BCUT2D eigenvalue weighted by Crippen LogP contribution is -2.11. The number of fused-ring (bicyclic) bond motifs is 3. The average Bonchev–Trinajstić information content (AvgIpc) is 3.11. The van der Waals surface area contributed by atoms with Crippen LogP contribution in [-0.4, -0.2) is 12.5 Å². The van der Waals surface area contributed by atoms with Gasteiger partial charge in [0.05, 0.1) is 22.9 Å². The van der Waals surface area contributed by atoms with Crippen LogP contribution in [0.1, 0.15) is 49.1 Å². The van der Waals surface area contributed by atoms with Gasteiger partial charge in [-0.2, -0.15) is 13.2 Å². The van der Waals surface area contributed by atoms with E-state index in [9.17, 15) is 18.0 Å². The summed E-state index contributed by atoms with van der Waals surface area (Å²) in [5, 5.41) is 3.47. The summed E-state index contributed by atoms with van der Waals surface area (Å²) in [4.78, 5) is 12.6. The molecule has 0 bridgehead atoms. The fourth-order valence-corrected chi connectivity index (χ4v) is 4.28. The van der Waals surface area contributed by atoms with Gasteiger partial charge in [-0.25, -0.2) is 0 Å². The van der Waals surface area contributed by atoms with E-state index in [1.165, 1.54) is 11.6 Å². The lowest BCUT2D eigenvalue weighted by Gasteiger charge is -2.13. The van der Waals surface area contributed by atoms with Crippen molar-refractivity contribution < 1.29 is 27.1 Å². The monoisotopic (exact) mass is 477 g/mol. The van der Waals surface area contributed by atoms with Crippen LogP contribution in [0.3, 0.4) is 0 Å². The summed E-state index contributed by atoms with van der Waals surface area (Å²) in [5.41, 5.74) is 2.27. The van der Waals surface area contributed by atoms with Gasteiger partial charge in [-0.05, 0) is 62.9 Å². The first kappa shape index (κ1) is 23.2. The van der Waals surface area contributed by atoms with E-state index in [0.29, 0.717) is 17.9 Å². The molecule has 3 aromatic rings. The van der Waals surface area contributed by atoms with Crippen LogP contribution in [0.5, 0.6) is 5.75 Å². The molecule has 0 aliphatic heterocycles. The average molecular weight is 478 g/mol. The van der Waals surface area contributed by atoms with E-state index in [-0.39, 0.29) is 10.7 Å². The number of hydrogen-bond donors (Lipinski definition) is 1. The van der Waals surface area contributed by atoms with Crippen LogP contribution in [0, 0.1) is 0 Å². The number of rotatable bonds is 5. The van der Waals surface area contributed by atoms with Gasteiger partial charge in [-0.3, -0.25) is 4.79 Å². The summed E-state index contributed by atoms with van der Waals surface area (Å²) in [6.07, 6.45) is 0.813. The number of ether oxygens (including phenoxy) is 1. The van der Waals surface area contributed by atoms with Crippen molar-refractivity contribution >= 4 is 39.7 Å². The lowest BCUT2D eigenvalue weighted by atomic mass is 9.94. The standard InChI is InChI=1S/C25H23ClF3NO3/c1-3-32-22-13-23-18(16-6-4-5-7-21(16)33-23)12-17(22)14(2)10-24(31)30-20-11-15(25(27,28)29)8-9-19(20)26/h8-13H,3-7H2,1-2H3,(H,30,31)/b14-10+. The number of aryl methyl sites for hydroxylation is 2. The van der Waals surface area contributed by atoms with Gasteiger partial charge in [0.15, 0.2) is 0 Å². The molecule has 0 radical (unpaired) electrons. The van der Waals surface area contributed by atoms with Crippen LogP contribution in [0.2, 0.25) is 5.02 Å². The number of furan rings is 1. The highest BCUT2D eigenvalue weighted by Gasteiger charge is 2.31. The number of alkyl halides is 3. The largest absolute Gasteiger partial charge is 0.493 e. The Morgan fingerprint density at radius 1 is 1.21 bits per heavy atom. The van der Waals surface area contributed by atoms with Crippen LogP contribution in [-0.2, 0) is 23.8 Å². The van der Waals surface area contributed by atoms with Crippen LogP contribution in [0.4, 0.5) is 18.9 Å². The van der Waals surface area contributed by atoms with Crippen LogP contribution < -0.4 is 10.1 Å². The molecule has 0 atom stereocenters. The molecule has 1 aromatic heterocycles. The number of anilines is 1. The van der Waals surface area contributed by atoms with E-state index < -0.39 is 17.6 Å². The zero-order valence-corrected chi connectivity index (χ0v) is 19.0. The van der Waals surface area contributed by atoms with E-state index >= 15 is 0 Å². The zero-order valence-electron chi connectivity index (χ0n) is 18.2. The number of allylic oxidation sites excluding steroid dienone is 1. The normalized spacial score (nSPS) is 14.3. The molecule has 1 N–H and O–H groups in total. The van der Waals surface area contributed by atoms with Crippen molar-refractivity contribution in [2.45, 2.75) is 45.7 Å². The van der Waals surface area contributed by atoms with Crippen LogP contribution in [0.25, 0.3) is 16.5 Å². The minimum Gasteiger partial charge on any atom is -0.493 e. The van der Waals surface area contributed by atoms with Gasteiger partial charge in [0, 0.05) is 35.1 Å². The number of halogens is 4. The van der Waals surface area contributed by atoms with Crippen LogP contribution >= 0.6 is 11.6 Å². The Bertz CT molecular complexity index is 1240. The first-order valence-corrected chi connectivity index (χ1v) is 11.1. The molecular weight excluding hydrogens is 455 g/mol. The molecule has 0 fully saturated rings. The minimum absolute atomic E-state index is 0.0175. The quantitative estimate of drug-likeness (QED) is 0.389. The van der Waals surface area contributed by atoms with Gasteiger partial charge in [0.25, 0.3) is 0 Å². The maximum Gasteiger partial charge on any atom is 0.416 e. The highest BCUT2D eigenvalue weighted by atomic mass is 35.5. The maximum atomic E-state index is 13.0. The van der Waals surface area contributed by atoms with E-state index in [4.69, 9.17) is 20.8 Å². The van der Waals surface area contributed by atoms with Gasteiger partial charge in [0.1, 0.15) is 17.1 Å². The number of hydrogen-bond acceptors (Lipinski definition) is 3. The molecular formula is C25H23ClF3NO3. The molecule has 4 nitrogen and oxygen atoms in total. The molecule has 0 saturated heterocycles. The molecule has 2 aromatic carbocycles. The molecule has 33 heavy (non-hydrogen) atoms. The summed E-state index contributed by atoms with van der Waals surface area (Å²) in [6, 6.07) is 6.60. The van der Waals surface area contributed by atoms with Crippen molar-refractivity contribution in [3.63, 3.8) is 0 Å². The topological polar surface area (TPSA) is 51.5 Å². The van der Waals surface area contributed by atoms with Crippen molar-refractivity contribution in [3.8, 4) is 5.75 Å².